The number of hydrogen-bond donors (Lipinski definition) is 0. The SMILES string of the molecule is C[C@H]1CN(c2ncc([N+](=O)[O-])cc2Cl)CCN1C1CCN(Cc2ccc(Cl)cc2F)CC1. The van der Waals surface area contributed by atoms with Crippen molar-refractivity contribution in [1.82, 2.24) is 14.8 Å². The summed E-state index contributed by atoms with van der Waals surface area (Å²) in [5, 5.41) is 11.7. The van der Waals surface area contributed by atoms with Crippen molar-refractivity contribution in [2.24, 2.45) is 0 Å². The van der Waals surface area contributed by atoms with Crippen molar-refractivity contribution >= 4 is 34.7 Å². The van der Waals surface area contributed by atoms with Crippen LogP contribution in [0.3, 0.4) is 0 Å². The van der Waals surface area contributed by atoms with E-state index >= 15 is 0 Å². The number of nitrogens with zero attached hydrogens (tertiary/aromatic N) is 5. The summed E-state index contributed by atoms with van der Waals surface area (Å²) in [7, 11) is 0. The Kier molecular flexibility index (Phi) is 7.14. The van der Waals surface area contributed by atoms with Gasteiger partial charge in [-0.1, -0.05) is 29.3 Å². The topological polar surface area (TPSA) is 65.8 Å². The molecule has 0 spiro atoms. The molecule has 0 aliphatic carbocycles. The first kappa shape index (κ1) is 23.2. The van der Waals surface area contributed by atoms with Crippen LogP contribution in [0.25, 0.3) is 0 Å². The zero-order valence-corrected chi connectivity index (χ0v) is 19.4. The molecule has 10 heteroatoms. The van der Waals surface area contributed by atoms with E-state index in [2.05, 4.69) is 26.6 Å². The normalized spacial score (nSPS) is 21.1. The lowest BCUT2D eigenvalue weighted by Crippen LogP contribution is -2.57. The first-order chi connectivity index (χ1) is 15.3. The molecule has 4 rings (SSSR count). The number of rotatable bonds is 5. The monoisotopic (exact) mass is 481 g/mol. The van der Waals surface area contributed by atoms with Gasteiger partial charge in [0.1, 0.15) is 17.8 Å². The van der Waals surface area contributed by atoms with Crippen molar-refractivity contribution in [3.05, 3.63) is 62.0 Å². The fourth-order valence-electron chi connectivity index (χ4n) is 4.76. The molecule has 32 heavy (non-hydrogen) atoms. The number of hydrogen-bond acceptors (Lipinski definition) is 6. The molecule has 2 fully saturated rings. The minimum Gasteiger partial charge on any atom is -0.353 e. The Bertz CT molecular complexity index is 987. The molecule has 0 N–H and O–H groups in total. The number of benzene rings is 1. The third-order valence-electron chi connectivity index (χ3n) is 6.43. The summed E-state index contributed by atoms with van der Waals surface area (Å²) in [6, 6.07) is 7.03. The van der Waals surface area contributed by atoms with Crippen LogP contribution >= 0.6 is 23.2 Å². The van der Waals surface area contributed by atoms with Gasteiger partial charge in [-0.15, -0.1) is 0 Å². The summed E-state index contributed by atoms with van der Waals surface area (Å²) in [4.78, 5) is 21.6. The van der Waals surface area contributed by atoms with E-state index in [9.17, 15) is 14.5 Å². The highest BCUT2D eigenvalue weighted by molar-refractivity contribution is 6.33. The van der Waals surface area contributed by atoms with Crippen molar-refractivity contribution in [1.29, 1.82) is 0 Å². The van der Waals surface area contributed by atoms with Gasteiger partial charge in [-0.2, -0.15) is 0 Å². The van der Waals surface area contributed by atoms with E-state index < -0.39 is 4.92 Å². The average Bonchev–Trinajstić information content (AvgIpc) is 2.76. The lowest BCUT2D eigenvalue weighted by atomic mass is 9.99. The molecule has 0 saturated carbocycles. The lowest BCUT2D eigenvalue weighted by Gasteiger charge is -2.46. The Morgan fingerprint density at radius 1 is 1.19 bits per heavy atom. The summed E-state index contributed by atoms with van der Waals surface area (Å²) in [6.45, 7) is 7.06. The molecule has 3 heterocycles. The standard InChI is InChI=1S/C22H26Cl2FN5O2/c1-15-13-28(22-20(24)11-19(12-26-22)30(31)32)8-9-29(15)18-4-6-27(7-5-18)14-16-2-3-17(23)10-21(16)25/h2-3,10-12,15,18H,4-9,13-14H2,1H3/t15-/m0/s1. The molecule has 2 aromatic rings. The van der Waals surface area contributed by atoms with Crippen molar-refractivity contribution < 1.29 is 9.31 Å². The second-order valence-electron chi connectivity index (χ2n) is 8.53. The number of pyridine rings is 1. The number of aromatic nitrogens is 1. The molecule has 0 amide bonds. The van der Waals surface area contributed by atoms with Crippen molar-refractivity contribution in [3.8, 4) is 0 Å². The van der Waals surface area contributed by atoms with Crippen LogP contribution < -0.4 is 4.90 Å². The Balaban J connectivity index is 1.31. The molecule has 2 aliphatic heterocycles. The van der Waals surface area contributed by atoms with E-state index in [1.54, 1.807) is 12.1 Å². The largest absolute Gasteiger partial charge is 0.353 e. The maximum atomic E-state index is 14.1. The maximum Gasteiger partial charge on any atom is 0.289 e. The van der Waals surface area contributed by atoms with Crippen molar-refractivity contribution in [2.75, 3.05) is 37.6 Å². The van der Waals surface area contributed by atoms with Gasteiger partial charge >= 0.3 is 0 Å². The van der Waals surface area contributed by atoms with Crippen molar-refractivity contribution in [3.63, 3.8) is 0 Å². The lowest BCUT2D eigenvalue weighted by molar-refractivity contribution is -0.385. The molecule has 0 radical (unpaired) electrons. The number of piperidine rings is 1. The van der Waals surface area contributed by atoms with Crippen LogP contribution in [-0.4, -0.2) is 64.5 Å². The molecule has 1 atom stereocenters. The minimum atomic E-state index is -0.489. The highest BCUT2D eigenvalue weighted by Gasteiger charge is 2.33. The van der Waals surface area contributed by atoms with Gasteiger partial charge in [0.05, 0.1) is 9.95 Å². The van der Waals surface area contributed by atoms with Gasteiger partial charge in [-0.25, -0.2) is 9.37 Å². The number of halogens is 3. The summed E-state index contributed by atoms with van der Waals surface area (Å²) in [5.41, 5.74) is 0.581. The second kappa shape index (κ2) is 9.87. The van der Waals surface area contributed by atoms with Crippen LogP contribution in [0.2, 0.25) is 10.0 Å². The Morgan fingerprint density at radius 3 is 2.56 bits per heavy atom. The number of piperazine rings is 1. The molecule has 1 aromatic heterocycles. The van der Waals surface area contributed by atoms with Crippen molar-refractivity contribution in [2.45, 2.75) is 38.4 Å². The van der Waals surface area contributed by atoms with Gasteiger partial charge in [0, 0.05) is 54.9 Å². The number of likely N-dealkylation sites (tertiary alicyclic amines) is 1. The smallest absolute Gasteiger partial charge is 0.289 e. The van der Waals surface area contributed by atoms with Gasteiger partial charge < -0.3 is 4.90 Å². The second-order valence-corrected chi connectivity index (χ2v) is 9.38. The van der Waals surface area contributed by atoms with Crippen LogP contribution in [-0.2, 0) is 6.54 Å². The fourth-order valence-corrected chi connectivity index (χ4v) is 5.20. The number of nitro groups is 1. The van der Waals surface area contributed by atoms with Crippen LogP contribution in [0, 0.1) is 15.9 Å². The van der Waals surface area contributed by atoms with E-state index in [-0.39, 0.29) is 11.5 Å². The highest BCUT2D eigenvalue weighted by Crippen LogP contribution is 2.30. The zero-order valence-electron chi connectivity index (χ0n) is 17.9. The Hall–Kier alpha value is -2.00. The highest BCUT2D eigenvalue weighted by atomic mass is 35.5. The van der Waals surface area contributed by atoms with Gasteiger partial charge in [-0.3, -0.25) is 19.9 Å². The fraction of sp³-hybridized carbons (Fsp3) is 0.500. The molecule has 0 bridgehead atoms. The molecule has 2 aliphatic rings. The summed E-state index contributed by atoms with van der Waals surface area (Å²) < 4.78 is 14.1. The molecular weight excluding hydrogens is 456 g/mol. The van der Waals surface area contributed by atoms with Crippen LogP contribution in [0.5, 0.6) is 0 Å². The summed E-state index contributed by atoms with van der Waals surface area (Å²) in [5.74, 6) is 0.353. The third kappa shape index (κ3) is 5.14. The number of anilines is 1. The maximum absolute atomic E-state index is 14.1. The van der Waals surface area contributed by atoms with E-state index in [4.69, 9.17) is 23.2 Å². The molecule has 1 aromatic carbocycles. The van der Waals surface area contributed by atoms with Crippen LogP contribution in [0.15, 0.2) is 30.5 Å². The third-order valence-corrected chi connectivity index (χ3v) is 6.94. The first-order valence-corrected chi connectivity index (χ1v) is 11.5. The minimum absolute atomic E-state index is 0.101. The quantitative estimate of drug-likeness (QED) is 0.458. The van der Waals surface area contributed by atoms with E-state index in [0.29, 0.717) is 40.1 Å². The molecule has 2 saturated heterocycles. The van der Waals surface area contributed by atoms with E-state index in [1.807, 2.05) is 0 Å². The summed E-state index contributed by atoms with van der Waals surface area (Å²) in [6.07, 6.45) is 3.34. The van der Waals surface area contributed by atoms with Crippen LogP contribution in [0.4, 0.5) is 15.9 Å². The van der Waals surface area contributed by atoms with E-state index in [1.165, 1.54) is 18.3 Å². The Labute approximate surface area is 196 Å². The Morgan fingerprint density at radius 2 is 1.94 bits per heavy atom. The first-order valence-electron chi connectivity index (χ1n) is 10.8. The predicted octanol–water partition coefficient (Wildman–Crippen LogP) is 4.61. The van der Waals surface area contributed by atoms with Gasteiger partial charge in [-0.05, 0) is 45.0 Å². The van der Waals surface area contributed by atoms with Gasteiger partial charge in [0.2, 0.25) is 0 Å². The van der Waals surface area contributed by atoms with Crippen LogP contribution in [0.1, 0.15) is 25.3 Å². The molecular formula is C22H26Cl2FN5O2. The van der Waals surface area contributed by atoms with Gasteiger partial charge in [0.15, 0.2) is 0 Å². The molecule has 7 nitrogen and oxygen atoms in total. The summed E-state index contributed by atoms with van der Waals surface area (Å²) >= 11 is 12.1. The van der Waals surface area contributed by atoms with E-state index in [0.717, 1.165) is 45.6 Å². The molecule has 0 unspecified atom stereocenters. The van der Waals surface area contributed by atoms with Gasteiger partial charge in [0.25, 0.3) is 5.69 Å². The molecule has 172 valence electrons. The average molecular weight is 482 g/mol. The predicted molar refractivity (Wildman–Crippen MR) is 124 cm³/mol. The zero-order chi connectivity index (χ0) is 22.8.